The third kappa shape index (κ3) is 6.36. The number of amides is 1. The van der Waals surface area contributed by atoms with Crippen molar-refractivity contribution in [1.82, 2.24) is 5.32 Å². The fraction of sp³-hybridized carbons (Fsp3) is 0.800. The van der Waals surface area contributed by atoms with Crippen LogP contribution in [0.5, 0.6) is 0 Å². The van der Waals surface area contributed by atoms with E-state index < -0.39 is 18.1 Å². The van der Waals surface area contributed by atoms with Crippen molar-refractivity contribution in [3.63, 3.8) is 0 Å². The quantitative estimate of drug-likeness (QED) is 0.449. The molecule has 6 heteroatoms. The van der Waals surface area contributed by atoms with Crippen molar-refractivity contribution < 1.29 is 19.8 Å². The van der Waals surface area contributed by atoms with Crippen LogP contribution in [0.1, 0.15) is 32.6 Å². The maximum Gasteiger partial charge on any atom is 0.332 e. The highest BCUT2D eigenvalue weighted by molar-refractivity contribution is 5.81. The van der Waals surface area contributed by atoms with Crippen molar-refractivity contribution in [2.24, 2.45) is 5.73 Å². The van der Waals surface area contributed by atoms with E-state index >= 15 is 0 Å². The second kappa shape index (κ2) is 8.06. The molecule has 0 aromatic heterocycles. The van der Waals surface area contributed by atoms with Gasteiger partial charge in [-0.3, -0.25) is 4.79 Å². The second-order valence-corrected chi connectivity index (χ2v) is 3.68. The molecule has 1 unspecified atom stereocenters. The molecule has 0 spiro atoms. The maximum atomic E-state index is 11.3. The van der Waals surface area contributed by atoms with Crippen molar-refractivity contribution in [3.8, 4) is 0 Å². The first kappa shape index (κ1) is 14.9. The van der Waals surface area contributed by atoms with Gasteiger partial charge in [-0.1, -0.05) is 19.8 Å². The van der Waals surface area contributed by atoms with Crippen LogP contribution in [0.4, 0.5) is 0 Å². The smallest absolute Gasteiger partial charge is 0.332 e. The minimum Gasteiger partial charge on any atom is -0.479 e. The van der Waals surface area contributed by atoms with Gasteiger partial charge in [0.15, 0.2) is 6.10 Å². The molecule has 0 aliphatic rings. The van der Waals surface area contributed by atoms with Crippen LogP contribution in [0.2, 0.25) is 0 Å². The third-order valence-electron chi connectivity index (χ3n) is 2.21. The van der Waals surface area contributed by atoms with Gasteiger partial charge in [0.1, 0.15) is 0 Å². The van der Waals surface area contributed by atoms with Crippen molar-refractivity contribution in [2.75, 3.05) is 6.54 Å². The molecule has 16 heavy (non-hydrogen) atoms. The molecule has 0 heterocycles. The van der Waals surface area contributed by atoms with Gasteiger partial charge in [-0.2, -0.15) is 0 Å². The number of carbonyl (C=O) groups is 2. The number of carbonyl (C=O) groups excluding carboxylic acids is 1. The summed E-state index contributed by atoms with van der Waals surface area (Å²) in [6, 6.07) is -0.554. The monoisotopic (exact) mass is 232 g/mol. The topological polar surface area (TPSA) is 113 Å². The molecule has 0 aromatic rings. The molecule has 2 atom stereocenters. The Morgan fingerprint density at radius 1 is 1.38 bits per heavy atom. The number of carboxylic acid groups (broad SMARTS) is 1. The fourth-order valence-electron chi connectivity index (χ4n) is 1.14. The molecule has 0 rings (SSSR count). The Labute approximate surface area is 94.8 Å². The van der Waals surface area contributed by atoms with Crippen LogP contribution in [0.3, 0.4) is 0 Å². The van der Waals surface area contributed by atoms with Gasteiger partial charge in [0.25, 0.3) is 0 Å². The lowest BCUT2D eigenvalue weighted by molar-refractivity contribution is -0.147. The van der Waals surface area contributed by atoms with Gasteiger partial charge in [0, 0.05) is 13.0 Å². The van der Waals surface area contributed by atoms with Gasteiger partial charge in [0.05, 0.1) is 6.04 Å². The van der Waals surface area contributed by atoms with Crippen LogP contribution in [-0.4, -0.2) is 40.8 Å². The standard InChI is InChI=1S/C10H20N2O4/c1-2-3-4-7(11)9(14)12-6-5-8(13)10(15)16/h7-8,13H,2-6,11H2,1H3,(H,12,14)(H,15,16)/t7-,8?/m0/s1. The minimum atomic E-state index is -1.44. The first-order valence-corrected chi connectivity index (χ1v) is 5.43. The van der Waals surface area contributed by atoms with Gasteiger partial charge in [-0.25, -0.2) is 4.79 Å². The predicted molar refractivity (Wildman–Crippen MR) is 58.8 cm³/mol. The van der Waals surface area contributed by atoms with Crippen LogP contribution in [-0.2, 0) is 9.59 Å². The zero-order valence-corrected chi connectivity index (χ0v) is 9.48. The molecule has 1 amide bonds. The third-order valence-corrected chi connectivity index (χ3v) is 2.21. The normalized spacial score (nSPS) is 14.2. The molecule has 0 aliphatic carbocycles. The Bertz CT molecular complexity index is 233. The molecule has 0 saturated heterocycles. The van der Waals surface area contributed by atoms with E-state index in [0.29, 0.717) is 6.42 Å². The lowest BCUT2D eigenvalue weighted by atomic mass is 10.1. The molecule has 94 valence electrons. The lowest BCUT2D eigenvalue weighted by Crippen LogP contribution is -2.41. The summed E-state index contributed by atoms with van der Waals surface area (Å²) in [5.74, 6) is -1.59. The number of hydrogen-bond donors (Lipinski definition) is 4. The number of aliphatic hydroxyl groups is 1. The summed E-state index contributed by atoms with van der Waals surface area (Å²) in [6.45, 7) is 2.12. The Balaban J connectivity index is 3.68. The van der Waals surface area contributed by atoms with Crippen molar-refractivity contribution in [3.05, 3.63) is 0 Å². The van der Waals surface area contributed by atoms with Crippen molar-refractivity contribution >= 4 is 11.9 Å². The molecule has 0 saturated carbocycles. The van der Waals surface area contributed by atoms with Gasteiger partial charge >= 0.3 is 5.97 Å². The first-order valence-electron chi connectivity index (χ1n) is 5.43. The highest BCUT2D eigenvalue weighted by Crippen LogP contribution is 1.98. The van der Waals surface area contributed by atoms with Gasteiger partial charge in [-0.15, -0.1) is 0 Å². The van der Waals surface area contributed by atoms with E-state index in [4.69, 9.17) is 15.9 Å². The first-order chi connectivity index (χ1) is 7.49. The molecule has 0 aromatic carbocycles. The zero-order valence-electron chi connectivity index (χ0n) is 9.48. The van der Waals surface area contributed by atoms with Gasteiger partial charge in [-0.05, 0) is 6.42 Å². The second-order valence-electron chi connectivity index (χ2n) is 3.68. The summed E-state index contributed by atoms with van der Waals surface area (Å²) in [5, 5.41) is 19.8. The summed E-state index contributed by atoms with van der Waals surface area (Å²) in [4.78, 5) is 21.6. The summed E-state index contributed by atoms with van der Waals surface area (Å²) in [5.41, 5.74) is 5.59. The fourth-order valence-corrected chi connectivity index (χ4v) is 1.14. The number of rotatable bonds is 8. The Morgan fingerprint density at radius 3 is 2.50 bits per heavy atom. The SMILES string of the molecule is CCCC[C@H](N)C(=O)NCCC(O)C(=O)O. The van der Waals surface area contributed by atoms with Crippen LogP contribution >= 0.6 is 0 Å². The number of aliphatic hydroxyl groups excluding tert-OH is 1. The van der Waals surface area contributed by atoms with Crippen molar-refractivity contribution in [2.45, 2.75) is 44.8 Å². The Kier molecular flexibility index (Phi) is 7.49. The number of unbranched alkanes of at least 4 members (excludes halogenated alkanes) is 1. The van der Waals surface area contributed by atoms with E-state index in [9.17, 15) is 9.59 Å². The van der Waals surface area contributed by atoms with E-state index in [1.165, 1.54) is 0 Å². The predicted octanol–water partition coefficient (Wildman–Crippen LogP) is -0.544. The van der Waals surface area contributed by atoms with E-state index in [1.807, 2.05) is 6.92 Å². The minimum absolute atomic E-state index is 0.0123. The van der Waals surface area contributed by atoms with Gasteiger partial charge < -0.3 is 21.3 Å². The van der Waals surface area contributed by atoms with Gasteiger partial charge in [0.2, 0.25) is 5.91 Å². The zero-order chi connectivity index (χ0) is 12.6. The molecule has 0 bridgehead atoms. The summed E-state index contributed by atoms with van der Waals surface area (Å²) in [7, 11) is 0. The molecule has 5 N–H and O–H groups in total. The largest absolute Gasteiger partial charge is 0.479 e. The number of nitrogens with one attached hydrogen (secondary N) is 1. The Morgan fingerprint density at radius 2 is 2.00 bits per heavy atom. The number of aliphatic carboxylic acids is 1. The highest BCUT2D eigenvalue weighted by atomic mass is 16.4. The molecule has 0 aliphatic heterocycles. The molecular weight excluding hydrogens is 212 g/mol. The van der Waals surface area contributed by atoms with Crippen molar-refractivity contribution in [1.29, 1.82) is 0 Å². The lowest BCUT2D eigenvalue weighted by Gasteiger charge is -2.12. The maximum absolute atomic E-state index is 11.3. The summed E-state index contributed by atoms with van der Waals surface area (Å²) < 4.78 is 0. The molecular formula is C10H20N2O4. The number of carboxylic acids is 1. The van der Waals surface area contributed by atoms with Crippen LogP contribution in [0.25, 0.3) is 0 Å². The van der Waals surface area contributed by atoms with Crippen LogP contribution < -0.4 is 11.1 Å². The number of hydrogen-bond acceptors (Lipinski definition) is 4. The van der Waals surface area contributed by atoms with E-state index in [-0.39, 0.29) is 18.9 Å². The van der Waals surface area contributed by atoms with Crippen LogP contribution in [0.15, 0.2) is 0 Å². The average molecular weight is 232 g/mol. The molecule has 6 nitrogen and oxygen atoms in total. The number of nitrogens with two attached hydrogens (primary N) is 1. The van der Waals surface area contributed by atoms with E-state index in [2.05, 4.69) is 5.32 Å². The molecule has 0 fully saturated rings. The van der Waals surface area contributed by atoms with E-state index in [1.54, 1.807) is 0 Å². The average Bonchev–Trinajstić information content (AvgIpc) is 2.25. The van der Waals surface area contributed by atoms with Crippen LogP contribution in [0, 0.1) is 0 Å². The highest BCUT2D eigenvalue weighted by Gasteiger charge is 2.15. The summed E-state index contributed by atoms with van der Waals surface area (Å²) >= 11 is 0. The van der Waals surface area contributed by atoms with E-state index in [0.717, 1.165) is 12.8 Å². The Hall–Kier alpha value is -1.14. The summed E-state index contributed by atoms with van der Waals surface area (Å²) in [6.07, 6.45) is 1.02. The molecule has 0 radical (unpaired) electrons.